The van der Waals surface area contributed by atoms with E-state index in [1.807, 2.05) is 12.1 Å². The fourth-order valence-corrected chi connectivity index (χ4v) is 5.09. The molecule has 0 unspecified atom stereocenters. The van der Waals surface area contributed by atoms with Gasteiger partial charge in [-0.3, -0.25) is 9.59 Å². The van der Waals surface area contributed by atoms with E-state index in [0.29, 0.717) is 6.54 Å². The predicted molar refractivity (Wildman–Crippen MR) is 122 cm³/mol. The molecule has 5 heteroatoms. The molecule has 0 spiro atoms. The normalized spacial score (nSPS) is 21.5. The summed E-state index contributed by atoms with van der Waals surface area (Å²) in [5, 5.41) is 2.92. The third kappa shape index (κ3) is 3.88. The van der Waals surface area contributed by atoms with Gasteiger partial charge in [-0.15, -0.1) is 0 Å². The lowest BCUT2D eigenvalue weighted by atomic mass is 9.68. The highest BCUT2D eigenvalue weighted by Gasteiger charge is 2.50. The van der Waals surface area contributed by atoms with Crippen molar-refractivity contribution in [2.24, 2.45) is 0 Å². The Morgan fingerprint density at radius 1 is 1.26 bits per heavy atom. The Labute approximate surface area is 183 Å². The largest absolute Gasteiger partial charge is 0.497 e. The van der Waals surface area contributed by atoms with Gasteiger partial charge in [0.2, 0.25) is 5.91 Å². The van der Waals surface area contributed by atoms with Gasteiger partial charge in [0.1, 0.15) is 12.0 Å². The minimum absolute atomic E-state index is 0.176. The lowest BCUT2D eigenvalue weighted by Gasteiger charge is -2.41. The number of hydrogen-bond donors (Lipinski definition) is 1. The zero-order chi connectivity index (χ0) is 21.8. The van der Waals surface area contributed by atoms with Crippen LogP contribution in [0.3, 0.4) is 0 Å². The van der Waals surface area contributed by atoms with Crippen molar-refractivity contribution in [2.45, 2.75) is 37.3 Å². The topological polar surface area (TPSA) is 58.6 Å². The van der Waals surface area contributed by atoms with Gasteiger partial charge in [-0.25, -0.2) is 0 Å². The molecule has 0 radical (unpaired) electrons. The highest BCUT2D eigenvalue weighted by molar-refractivity contribution is 5.86. The second-order valence-corrected chi connectivity index (χ2v) is 8.17. The second-order valence-electron chi connectivity index (χ2n) is 8.17. The van der Waals surface area contributed by atoms with Crippen molar-refractivity contribution in [1.82, 2.24) is 5.32 Å². The van der Waals surface area contributed by atoms with E-state index >= 15 is 0 Å². The number of ether oxygens (including phenoxy) is 1. The maximum Gasteiger partial charge on any atom is 0.243 e. The fraction of sp³-hybridized carbons (Fsp3) is 0.308. The van der Waals surface area contributed by atoms with Gasteiger partial charge in [0.05, 0.1) is 7.11 Å². The molecule has 2 aromatic rings. The van der Waals surface area contributed by atoms with Gasteiger partial charge in [-0.1, -0.05) is 43.0 Å². The fourth-order valence-electron chi connectivity index (χ4n) is 5.09. The van der Waals surface area contributed by atoms with E-state index in [4.69, 9.17) is 4.74 Å². The molecule has 4 rings (SSSR count). The third-order valence-electron chi connectivity index (χ3n) is 6.52. The Hall–Kier alpha value is -3.34. The lowest BCUT2D eigenvalue weighted by molar-refractivity contribution is -0.116. The highest BCUT2D eigenvalue weighted by atomic mass is 16.5. The number of carbonyl (C=O) groups is 2. The first-order chi connectivity index (χ1) is 15.1. The number of aldehydes is 1. The molecule has 1 aliphatic carbocycles. The summed E-state index contributed by atoms with van der Waals surface area (Å²) in [5.74, 6) is 0.666. The highest BCUT2D eigenvalue weighted by Crippen LogP contribution is 2.53. The van der Waals surface area contributed by atoms with E-state index in [0.717, 1.165) is 43.4 Å². The first kappa shape index (κ1) is 20.9. The summed E-state index contributed by atoms with van der Waals surface area (Å²) >= 11 is 0. The third-order valence-corrected chi connectivity index (χ3v) is 6.52. The second kappa shape index (κ2) is 8.80. The number of rotatable bonds is 8. The number of anilines is 1. The zero-order valence-corrected chi connectivity index (χ0v) is 17.8. The summed E-state index contributed by atoms with van der Waals surface area (Å²) in [6, 6.07) is 16.8. The molecule has 0 fully saturated rings. The van der Waals surface area contributed by atoms with Crippen LogP contribution in [0.2, 0.25) is 0 Å². The van der Waals surface area contributed by atoms with E-state index in [-0.39, 0.29) is 17.4 Å². The number of methoxy groups -OCH3 is 1. The SMILES string of the molecule is C=CC(=O)NCC[C@]12C=C(C=O)CC[C@H]1N(Cc1ccc(OC)cc1)c1ccccc12. The van der Waals surface area contributed by atoms with Crippen molar-refractivity contribution in [3.05, 3.63) is 84.0 Å². The molecule has 1 amide bonds. The van der Waals surface area contributed by atoms with Crippen LogP contribution in [0.4, 0.5) is 5.69 Å². The summed E-state index contributed by atoms with van der Waals surface area (Å²) in [7, 11) is 1.67. The molecule has 1 N–H and O–H groups in total. The number of allylic oxidation sites excluding steroid dienone is 1. The van der Waals surface area contributed by atoms with Crippen LogP contribution in [0.15, 0.2) is 72.8 Å². The average Bonchev–Trinajstić information content (AvgIpc) is 3.08. The summed E-state index contributed by atoms with van der Waals surface area (Å²) in [4.78, 5) is 25.9. The number of nitrogens with zero attached hydrogens (tertiary/aromatic N) is 1. The average molecular weight is 417 g/mol. The molecule has 160 valence electrons. The molecule has 0 saturated heterocycles. The van der Waals surface area contributed by atoms with Gasteiger partial charge >= 0.3 is 0 Å². The van der Waals surface area contributed by atoms with Gasteiger partial charge in [0.15, 0.2) is 0 Å². The molecule has 2 aliphatic rings. The predicted octanol–water partition coefficient (Wildman–Crippen LogP) is 3.93. The van der Waals surface area contributed by atoms with E-state index in [1.165, 1.54) is 22.9 Å². The molecular formula is C26H28N2O3. The van der Waals surface area contributed by atoms with Crippen LogP contribution in [0.25, 0.3) is 0 Å². The molecule has 2 aromatic carbocycles. The van der Waals surface area contributed by atoms with Crippen LogP contribution in [0.5, 0.6) is 5.75 Å². The van der Waals surface area contributed by atoms with Crippen molar-refractivity contribution < 1.29 is 14.3 Å². The summed E-state index contributed by atoms with van der Waals surface area (Å²) in [5.41, 5.74) is 4.15. The Kier molecular flexibility index (Phi) is 5.94. The minimum Gasteiger partial charge on any atom is -0.497 e. The van der Waals surface area contributed by atoms with E-state index < -0.39 is 0 Å². The van der Waals surface area contributed by atoms with Gasteiger partial charge in [-0.05, 0) is 60.2 Å². The number of amides is 1. The molecule has 5 nitrogen and oxygen atoms in total. The van der Waals surface area contributed by atoms with Crippen molar-refractivity contribution >= 4 is 17.9 Å². The Bertz CT molecular complexity index is 1010. The Morgan fingerprint density at radius 3 is 2.74 bits per heavy atom. The van der Waals surface area contributed by atoms with E-state index in [1.54, 1.807) is 7.11 Å². The number of para-hydroxylation sites is 1. The number of benzene rings is 2. The summed E-state index contributed by atoms with van der Waals surface area (Å²) in [6.45, 7) is 4.83. The first-order valence-corrected chi connectivity index (χ1v) is 10.7. The zero-order valence-electron chi connectivity index (χ0n) is 17.8. The summed E-state index contributed by atoms with van der Waals surface area (Å²) < 4.78 is 5.30. The molecule has 0 saturated carbocycles. The standard InChI is InChI=1S/C26H28N2O3/c1-3-25(30)27-15-14-26-16-20(18-29)10-13-24(26)28(23-7-5-4-6-22(23)26)17-19-8-11-21(31-2)12-9-19/h3-9,11-12,16,18,24H,1,10,13-15,17H2,2H3,(H,27,30)/t24-,26-/m1/s1. The van der Waals surface area contributed by atoms with Gasteiger partial charge in [-0.2, -0.15) is 0 Å². The van der Waals surface area contributed by atoms with Crippen LogP contribution >= 0.6 is 0 Å². The Balaban J connectivity index is 1.71. The van der Waals surface area contributed by atoms with Crippen molar-refractivity contribution in [3.8, 4) is 5.75 Å². The number of nitrogens with one attached hydrogen (secondary N) is 1. The molecule has 1 heterocycles. The van der Waals surface area contributed by atoms with Crippen LogP contribution in [0.1, 0.15) is 30.4 Å². The Morgan fingerprint density at radius 2 is 2.03 bits per heavy atom. The molecular weight excluding hydrogens is 388 g/mol. The van der Waals surface area contributed by atoms with Gasteiger partial charge in [0, 0.05) is 30.2 Å². The van der Waals surface area contributed by atoms with Crippen LogP contribution in [0, 0.1) is 0 Å². The molecule has 2 atom stereocenters. The quantitative estimate of drug-likeness (QED) is 0.523. The smallest absolute Gasteiger partial charge is 0.243 e. The van der Waals surface area contributed by atoms with Crippen molar-refractivity contribution in [1.29, 1.82) is 0 Å². The van der Waals surface area contributed by atoms with E-state index in [2.05, 4.69) is 59.3 Å². The number of fused-ring (bicyclic) bond motifs is 3. The first-order valence-electron chi connectivity index (χ1n) is 10.7. The maximum absolute atomic E-state index is 11.7. The van der Waals surface area contributed by atoms with Gasteiger partial charge in [0.25, 0.3) is 0 Å². The van der Waals surface area contributed by atoms with Crippen LogP contribution in [-0.2, 0) is 21.5 Å². The summed E-state index contributed by atoms with van der Waals surface area (Å²) in [6.07, 6.45) is 6.81. The van der Waals surface area contributed by atoms with Crippen LogP contribution < -0.4 is 15.0 Å². The monoisotopic (exact) mass is 416 g/mol. The number of carbonyl (C=O) groups excluding carboxylic acids is 2. The molecule has 1 aliphatic heterocycles. The molecule has 0 bridgehead atoms. The van der Waals surface area contributed by atoms with Crippen LogP contribution in [-0.4, -0.2) is 31.9 Å². The van der Waals surface area contributed by atoms with E-state index in [9.17, 15) is 9.59 Å². The molecule has 31 heavy (non-hydrogen) atoms. The maximum atomic E-state index is 11.7. The molecule has 0 aromatic heterocycles. The van der Waals surface area contributed by atoms with Crippen molar-refractivity contribution in [2.75, 3.05) is 18.6 Å². The minimum atomic E-state index is -0.313. The van der Waals surface area contributed by atoms with Crippen molar-refractivity contribution in [3.63, 3.8) is 0 Å². The number of hydrogen-bond acceptors (Lipinski definition) is 4. The van der Waals surface area contributed by atoms with Gasteiger partial charge < -0.3 is 15.0 Å². The lowest BCUT2D eigenvalue weighted by Crippen LogP contribution is -2.47.